The molecule has 9 rings (SSSR count). The van der Waals surface area contributed by atoms with Gasteiger partial charge in [-0.1, -0.05) is 91.0 Å². The Kier molecular flexibility index (Phi) is 5.57. The molecule has 0 amide bonds. The number of nitrogens with zero attached hydrogens (tertiary/aromatic N) is 6. The molecule has 5 aromatic carbocycles. The first-order valence-electron chi connectivity index (χ1n) is 14.3. The van der Waals surface area contributed by atoms with E-state index in [4.69, 9.17) is 19.9 Å². The van der Waals surface area contributed by atoms with Gasteiger partial charge in [0.15, 0.2) is 17.5 Å². The Hall–Kier alpha value is -5.79. The van der Waals surface area contributed by atoms with Crippen molar-refractivity contribution in [2.75, 3.05) is 0 Å². The molecule has 44 heavy (non-hydrogen) atoms. The highest BCUT2D eigenvalue weighted by Crippen LogP contribution is 2.42. The summed E-state index contributed by atoms with van der Waals surface area (Å²) in [6.45, 7) is 0. The lowest BCUT2D eigenvalue weighted by Crippen LogP contribution is -2.01. The number of fused-ring (bicyclic) bond motifs is 7. The standard InChI is InChI=1S/C37H22N6S/c1-3-10-23(11-4-1)35-40-36(24-12-5-2-6-13-24)42-37(41-35)25-14-9-15-26(20-25)43-28-17-8-7-16-27(28)32-29(43)18-19-30-33(32)34-31(44-30)21-38-22-39-34/h1-22H. The van der Waals surface area contributed by atoms with Crippen LogP contribution in [0.4, 0.5) is 0 Å². The first kappa shape index (κ1) is 24.8. The van der Waals surface area contributed by atoms with Gasteiger partial charge in [-0.25, -0.2) is 24.9 Å². The lowest BCUT2D eigenvalue weighted by Gasteiger charge is -2.11. The monoisotopic (exact) mass is 582 g/mol. The van der Waals surface area contributed by atoms with Crippen molar-refractivity contribution in [2.24, 2.45) is 0 Å². The van der Waals surface area contributed by atoms with Gasteiger partial charge in [0, 0.05) is 49.4 Å². The molecule has 4 aromatic heterocycles. The van der Waals surface area contributed by atoms with Crippen LogP contribution < -0.4 is 0 Å². The van der Waals surface area contributed by atoms with E-state index in [1.807, 2.05) is 66.9 Å². The van der Waals surface area contributed by atoms with Crippen molar-refractivity contribution in [1.82, 2.24) is 29.5 Å². The molecule has 0 fully saturated rings. The van der Waals surface area contributed by atoms with E-state index < -0.39 is 0 Å². The van der Waals surface area contributed by atoms with E-state index in [1.54, 1.807) is 17.7 Å². The molecule has 6 nitrogen and oxygen atoms in total. The number of hydrogen-bond acceptors (Lipinski definition) is 6. The van der Waals surface area contributed by atoms with Gasteiger partial charge in [0.25, 0.3) is 0 Å². The SMILES string of the molecule is c1ccc(-c2nc(-c3ccccc3)nc(-c3cccc(-n4c5ccccc5c5c6c(ccc54)sc4cncnc46)c3)n2)cc1. The van der Waals surface area contributed by atoms with Crippen LogP contribution in [0, 0.1) is 0 Å². The molecule has 9 aromatic rings. The predicted octanol–water partition coefficient (Wildman–Crippen LogP) is 9.13. The van der Waals surface area contributed by atoms with Crippen LogP contribution in [-0.4, -0.2) is 29.5 Å². The van der Waals surface area contributed by atoms with Gasteiger partial charge in [-0.05, 0) is 30.3 Å². The minimum atomic E-state index is 0.628. The normalized spacial score (nSPS) is 11.6. The van der Waals surface area contributed by atoms with Gasteiger partial charge in [-0.3, -0.25) is 0 Å². The third-order valence-electron chi connectivity index (χ3n) is 8.00. The van der Waals surface area contributed by atoms with Crippen LogP contribution in [0.5, 0.6) is 0 Å². The van der Waals surface area contributed by atoms with Crippen LogP contribution in [0.1, 0.15) is 0 Å². The third-order valence-corrected chi connectivity index (χ3v) is 9.08. The fourth-order valence-electron chi connectivity index (χ4n) is 6.06. The summed E-state index contributed by atoms with van der Waals surface area (Å²) < 4.78 is 4.62. The van der Waals surface area contributed by atoms with Gasteiger partial charge in [0.2, 0.25) is 0 Å². The summed E-state index contributed by atoms with van der Waals surface area (Å²) in [4.78, 5) is 23.8. The molecule has 4 heterocycles. The summed E-state index contributed by atoms with van der Waals surface area (Å²) in [5.74, 6) is 1.92. The van der Waals surface area contributed by atoms with E-state index in [1.165, 1.54) is 20.9 Å². The number of thiophene rings is 1. The number of para-hydroxylation sites is 1. The summed E-state index contributed by atoms with van der Waals surface area (Å²) >= 11 is 1.73. The molecule has 0 radical (unpaired) electrons. The summed E-state index contributed by atoms with van der Waals surface area (Å²) in [6, 6.07) is 41.6. The predicted molar refractivity (Wildman–Crippen MR) is 179 cm³/mol. The molecule has 206 valence electrons. The van der Waals surface area contributed by atoms with Crippen molar-refractivity contribution in [1.29, 1.82) is 0 Å². The van der Waals surface area contributed by atoms with E-state index in [0.717, 1.165) is 43.6 Å². The maximum absolute atomic E-state index is 4.97. The second-order valence-electron chi connectivity index (χ2n) is 10.6. The van der Waals surface area contributed by atoms with E-state index in [-0.39, 0.29) is 0 Å². The van der Waals surface area contributed by atoms with Crippen LogP contribution in [0.3, 0.4) is 0 Å². The van der Waals surface area contributed by atoms with Crippen LogP contribution in [0.2, 0.25) is 0 Å². The Morgan fingerprint density at radius 2 is 1.18 bits per heavy atom. The summed E-state index contributed by atoms with van der Waals surface area (Å²) in [6.07, 6.45) is 3.54. The molecule has 7 heteroatoms. The van der Waals surface area contributed by atoms with Crippen molar-refractivity contribution < 1.29 is 0 Å². The summed E-state index contributed by atoms with van der Waals surface area (Å²) in [5, 5.41) is 3.56. The Balaban J connectivity index is 1.28. The lowest BCUT2D eigenvalue weighted by molar-refractivity contribution is 1.07. The molecule has 0 aliphatic heterocycles. The number of hydrogen-bond donors (Lipinski definition) is 0. The first-order chi connectivity index (χ1) is 21.8. The summed E-state index contributed by atoms with van der Waals surface area (Å²) in [7, 11) is 0. The molecule has 0 unspecified atom stereocenters. The highest BCUT2D eigenvalue weighted by molar-refractivity contribution is 7.25. The molecular weight excluding hydrogens is 561 g/mol. The van der Waals surface area contributed by atoms with E-state index >= 15 is 0 Å². The molecule has 0 bridgehead atoms. The third kappa shape index (κ3) is 3.91. The lowest BCUT2D eigenvalue weighted by atomic mass is 10.1. The van der Waals surface area contributed by atoms with Gasteiger partial charge < -0.3 is 4.57 Å². The average molecular weight is 583 g/mol. The number of rotatable bonds is 4. The quantitative estimate of drug-likeness (QED) is 0.207. The second kappa shape index (κ2) is 9.90. The largest absolute Gasteiger partial charge is 0.309 e. The maximum Gasteiger partial charge on any atom is 0.164 e. The van der Waals surface area contributed by atoms with Crippen molar-refractivity contribution in [3.8, 4) is 39.9 Å². The fraction of sp³-hybridized carbons (Fsp3) is 0. The number of aromatic nitrogens is 6. The van der Waals surface area contributed by atoms with Gasteiger partial charge >= 0.3 is 0 Å². The minimum absolute atomic E-state index is 0.628. The van der Waals surface area contributed by atoms with Crippen LogP contribution in [0.15, 0.2) is 134 Å². The zero-order valence-electron chi connectivity index (χ0n) is 23.3. The van der Waals surface area contributed by atoms with Gasteiger partial charge in [-0.15, -0.1) is 11.3 Å². The molecule has 0 N–H and O–H groups in total. The Morgan fingerprint density at radius 1 is 0.523 bits per heavy atom. The Morgan fingerprint density at radius 3 is 1.93 bits per heavy atom. The zero-order chi connectivity index (χ0) is 29.0. The Labute approximate surface area is 256 Å². The van der Waals surface area contributed by atoms with Crippen molar-refractivity contribution in [3.05, 3.63) is 134 Å². The molecule has 0 saturated carbocycles. The maximum atomic E-state index is 4.97. The summed E-state index contributed by atoms with van der Waals surface area (Å²) in [5.41, 5.74) is 7.09. The van der Waals surface area contributed by atoms with E-state index in [2.05, 4.69) is 70.2 Å². The van der Waals surface area contributed by atoms with E-state index in [9.17, 15) is 0 Å². The highest BCUT2D eigenvalue weighted by Gasteiger charge is 2.19. The minimum Gasteiger partial charge on any atom is -0.309 e. The topological polar surface area (TPSA) is 69.4 Å². The van der Waals surface area contributed by atoms with Crippen LogP contribution in [-0.2, 0) is 0 Å². The highest BCUT2D eigenvalue weighted by atomic mass is 32.1. The van der Waals surface area contributed by atoms with Crippen molar-refractivity contribution >= 4 is 53.4 Å². The van der Waals surface area contributed by atoms with E-state index in [0.29, 0.717) is 17.5 Å². The first-order valence-corrected chi connectivity index (χ1v) is 15.2. The second-order valence-corrected chi connectivity index (χ2v) is 11.7. The molecule has 0 aliphatic carbocycles. The molecule has 0 saturated heterocycles. The zero-order valence-corrected chi connectivity index (χ0v) is 24.1. The fourth-order valence-corrected chi connectivity index (χ4v) is 7.10. The smallest absolute Gasteiger partial charge is 0.164 e. The average Bonchev–Trinajstić information content (AvgIpc) is 3.64. The van der Waals surface area contributed by atoms with Crippen LogP contribution >= 0.6 is 11.3 Å². The van der Waals surface area contributed by atoms with Gasteiger partial charge in [0.05, 0.1) is 21.3 Å². The Bertz CT molecular complexity index is 2440. The molecule has 0 atom stereocenters. The molecule has 0 aliphatic rings. The van der Waals surface area contributed by atoms with Crippen molar-refractivity contribution in [3.63, 3.8) is 0 Å². The molecular formula is C37H22N6S. The van der Waals surface area contributed by atoms with Gasteiger partial charge in [0.1, 0.15) is 6.33 Å². The molecule has 0 spiro atoms. The number of benzene rings is 5. The van der Waals surface area contributed by atoms with Crippen LogP contribution in [0.25, 0.3) is 82.0 Å². The van der Waals surface area contributed by atoms with Gasteiger partial charge in [-0.2, -0.15) is 0 Å². The van der Waals surface area contributed by atoms with Crippen molar-refractivity contribution in [2.45, 2.75) is 0 Å².